The van der Waals surface area contributed by atoms with E-state index in [1.165, 1.54) is 11.8 Å². The predicted octanol–water partition coefficient (Wildman–Crippen LogP) is 7.14. The largest absolute Gasteiger partial charge is 0.343 e. The number of piperidine rings is 1. The van der Waals surface area contributed by atoms with Gasteiger partial charge in [-0.15, -0.1) is 0 Å². The van der Waals surface area contributed by atoms with Gasteiger partial charge < -0.3 is 9.13 Å². The standard InChI is InChI=1S/C33H36N4O3S2/c1-3-4-21-37-29-18-17-25(42(39,40)36-19-11-6-12-20-36)22-27(29)34-33(37)41-23-30(38)31-26-15-9-10-16-28(26)35(2)32(31)24-13-7-5-8-14-24/h5,7-10,13-18,22H,3-4,6,11-12,19-21,23H2,1-2H3. The van der Waals surface area contributed by atoms with Crippen LogP contribution in [-0.4, -0.2) is 51.5 Å². The number of nitrogens with zero attached hydrogens (tertiary/aromatic N) is 4. The second kappa shape index (κ2) is 12.1. The number of aryl methyl sites for hydroxylation is 2. The number of hydrogen-bond acceptors (Lipinski definition) is 5. The van der Waals surface area contributed by atoms with Crippen molar-refractivity contribution < 1.29 is 13.2 Å². The van der Waals surface area contributed by atoms with E-state index in [1.54, 1.807) is 16.4 Å². The Bertz CT molecular complexity index is 1850. The summed E-state index contributed by atoms with van der Waals surface area (Å²) in [5, 5.41) is 1.68. The van der Waals surface area contributed by atoms with Gasteiger partial charge in [0.25, 0.3) is 0 Å². The molecule has 1 fully saturated rings. The number of carbonyl (C=O) groups excluding carboxylic acids is 1. The molecule has 42 heavy (non-hydrogen) atoms. The van der Waals surface area contributed by atoms with Crippen molar-refractivity contribution in [2.75, 3.05) is 18.8 Å². The molecule has 0 saturated carbocycles. The van der Waals surface area contributed by atoms with E-state index >= 15 is 0 Å². The highest BCUT2D eigenvalue weighted by Crippen LogP contribution is 2.35. The summed E-state index contributed by atoms with van der Waals surface area (Å²) < 4.78 is 32.6. The summed E-state index contributed by atoms with van der Waals surface area (Å²) in [7, 11) is -1.56. The van der Waals surface area contributed by atoms with Crippen LogP contribution in [0.4, 0.5) is 0 Å². The van der Waals surface area contributed by atoms with Gasteiger partial charge in [0.1, 0.15) is 0 Å². The number of imidazole rings is 1. The van der Waals surface area contributed by atoms with Crippen LogP contribution >= 0.6 is 11.8 Å². The van der Waals surface area contributed by atoms with E-state index in [-0.39, 0.29) is 16.4 Å². The van der Waals surface area contributed by atoms with Crippen molar-refractivity contribution in [3.63, 3.8) is 0 Å². The molecule has 3 aromatic carbocycles. The molecule has 0 N–H and O–H groups in total. The molecule has 0 atom stereocenters. The highest BCUT2D eigenvalue weighted by molar-refractivity contribution is 7.99. The number of Topliss-reactive ketones (excluding diaryl/α,β-unsaturated/α-hetero) is 1. The zero-order valence-electron chi connectivity index (χ0n) is 24.1. The SMILES string of the molecule is CCCCn1c(SCC(=O)c2c(-c3ccccc3)n(C)c3ccccc23)nc2cc(S(=O)(=O)N3CCCCC3)ccc21. The number of benzene rings is 3. The van der Waals surface area contributed by atoms with Gasteiger partial charge in [-0.1, -0.05) is 80.1 Å². The van der Waals surface area contributed by atoms with E-state index in [1.807, 2.05) is 67.7 Å². The Morgan fingerprint density at radius 1 is 0.929 bits per heavy atom. The van der Waals surface area contributed by atoms with Crippen LogP contribution in [0.15, 0.2) is 82.8 Å². The topological polar surface area (TPSA) is 77.2 Å². The van der Waals surface area contributed by atoms with Crippen LogP contribution in [0.1, 0.15) is 49.4 Å². The Morgan fingerprint density at radius 2 is 1.67 bits per heavy atom. The number of ketones is 1. The molecule has 5 aromatic rings. The summed E-state index contributed by atoms with van der Waals surface area (Å²) in [6.45, 7) is 4.02. The number of para-hydroxylation sites is 1. The maximum absolute atomic E-state index is 14.0. The summed E-state index contributed by atoms with van der Waals surface area (Å²) in [6, 6.07) is 23.4. The number of rotatable bonds is 10. The summed E-state index contributed by atoms with van der Waals surface area (Å²) in [5.74, 6) is 0.264. The second-order valence-corrected chi connectivity index (χ2v) is 13.8. The maximum Gasteiger partial charge on any atom is 0.243 e. The van der Waals surface area contributed by atoms with Crippen molar-refractivity contribution in [3.8, 4) is 11.3 Å². The molecule has 6 rings (SSSR count). The molecular weight excluding hydrogens is 565 g/mol. The van der Waals surface area contributed by atoms with Crippen LogP contribution in [0.2, 0.25) is 0 Å². The number of fused-ring (bicyclic) bond motifs is 2. The number of unbranched alkanes of at least 4 members (excludes halogenated alkanes) is 1. The lowest BCUT2D eigenvalue weighted by molar-refractivity contribution is 0.102. The number of hydrogen-bond donors (Lipinski definition) is 0. The molecule has 1 aliphatic rings. The van der Waals surface area contributed by atoms with E-state index in [2.05, 4.69) is 16.1 Å². The Labute approximate surface area is 251 Å². The molecule has 0 aliphatic carbocycles. The van der Waals surface area contributed by atoms with Gasteiger partial charge in [0, 0.05) is 37.6 Å². The normalized spacial score (nSPS) is 14.6. The minimum Gasteiger partial charge on any atom is -0.343 e. The molecule has 1 saturated heterocycles. The van der Waals surface area contributed by atoms with Gasteiger partial charge in [0.05, 0.1) is 32.9 Å². The van der Waals surface area contributed by atoms with Crippen molar-refractivity contribution in [1.29, 1.82) is 0 Å². The van der Waals surface area contributed by atoms with E-state index in [0.29, 0.717) is 18.6 Å². The predicted molar refractivity (Wildman–Crippen MR) is 171 cm³/mol. The van der Waals surface area contributed by atoms with E-state index in [9.17, 15) is 13.2 Å². The summed E-state index contributed by atoms with van der Waals surface area (Å²) in [6.07, 6.45) is 4.83. The van der Waals surface area contributed by atoms with Crippen LogP contribution in [-0.2, 0) is 23.6 Å². The third-order valence-corrected chi connectivity index (χ3v) is 11.0. The zero-order chi connectivity index (χ0) is 29.3. The minimum atomic E-state index is -3.56. The maximum atomic E-state index is 14.0. The molecule has 2 aromatic heterocycles. The van der Waals surface area contributed by atoms with E-state index in [4.69, 9.17) is 4.98 Å². The average molecular weight is 601 g/mol. The Balaban J connectivity index is 1.34. The first-order valence-electron chi connectivity index (χ1n) is 14.7. The highest BCUT2D eigenvalue weighted by Gasteiger charge is 2.27. The molecule has 0 unspecified atom stereocenters. The molecule has 3 heterocycles. The summed E-state index contributed by atoms with van der Waals surface area (Å²) in [4.78, 5) is 19.2. The van der Waals surface area contributed by atoms with Crippen molar-refractivity contribution in [1.82, 2.24) is 18.4 Å². The smallest absolute Gasteiger partial charge is 0.243 e. The lowest BCUT2D eigenvalue weighted by Crippen LogP contribution is -2.35. The number of carbonyl (C=O) groups is 1. The molecule has 1 aliphatic heterocycles. The third kappa shape index (κ3) is 5.29. The molecular formula is C33H36N4O3S2. The Hall–Kier alpha value is -3.40. The lowest BCUT2D eigenvalue weighted by atomic mass is 10.0. The van der Waals surface area contributed by atoms with Gasteiger partial charge in [-0.3, -0.25) is 4.79 Å². The molecule has 218 valence electrons. The molecule has 0 bridgehead atoms. The van der Waals surface area contributed by atoms with Gasteiger partial charge in [0.2, 0.25) is 10.0 Å². The lowest BCUT2D eigenvalue weighted by Gasteiger charge is -2.25. The van der Waals surface area contributed by atoms with Crippen LogP contribution in [0, 0.1) is 0 Å². The monoisotopic (exact) mass is 600 g/mol. The summed E-state index contributed by atoms with van der Waals surface area (Å²) in [5.41, 5.74) is 5.19. The van der Waals surface area contributed by atoms with E-state index < -0.39 is 10.0 Å². The molecule has 0 amide bonds. The fourth-order valence-corrected chi connectivity index (χ4v) is 8.41. The van der Waals surface area contributed by atoms with Crippen LogP contribution < -0.4 is 0 Å². The van der Waals surface area contributed by atoms with Gasteiger partial charge in [-0.2, -0.15) is 4.31 Å². The van der Waals surface area contributed by atoms with Gasteiger partial charge in [-0.05, 0) is 49.1 Å². The molecule has 7 nitrogen and oxygen atoms in total. The third-order valence-electron chi connectivity index (χ3n) is 8.14. The number of aromatic nitrogens is 3. The first-order valence-corrected chi connectivity index (χ1v) is 17.1. The summed E-state index contributed by atoms with van der Waals surface area (Å²) >= 11 is 1.42. The molecule has 0 spiro atoms. The Morgan fingerprint density at radius 3 is 2.43 bits per heavy atom. The fraction of sp³-hybridized carbons (Fsp3) is 0.333. The first-order chi connectivity index (χ1) is 20.4. The van der Waals surface area contributed by atoms with Crippen LogP contribution in [0.5, 0.6) is 0 Å². The van der Waals surface area contributed by atoms with Crippen LogP contribution in [0.3, 0.4) is 0 Å². The number of thioether (sulfide) groups is 1. The average Bonchev–Trinajstić information content (AvgIpc) is 3.53. The van der Waals surface area contributed by atoms with E-state index in [0.717, 1.165) is 77.0 Å². The van der Waals surface area contributed by atoms with Gasteiger partial charge >= 0.3 is 0 Å². The first kappa shape index (κ1) is 28.7. The number of sulfonamides is 1. The van der Waals surface area contributed by atoms with Crippen LogP contribution in [0.25, 0.3) is 33.2 Å². The van der Waals surface area contributed by atoms with Crippen molar-refractivity contribution in [2.45, 2.75) is 55.6 Å². The second-order valence-electron chi connectivity index (χ2n) is 10.9. The molecule has 9 heteroatoms. The Kier molecular flexibility index (Phi) is 8.25. The fourth-order valence-electron chi connectivity index (χ4n) is 5.96. The van der Waals surface area contributed by atoms with Gasteiger partial charge in [0.15, 0.2) is 10.9 Å². The highest BCUT2D eigenvalue weighted by atomic mass is 32.2. The van der Waals surface area contributed by atoms with Crippen molar-refractivity contribution in [2.24, 2.45) is 7.05 Å². The zero-order valence-corrected chi connectivity index (χ0v) is 25.8. The molecule has 0 radical (unpaired) electrons. The van der Waals surface area contributed by atoms with Crippen molar-refractivity contribution in [3.05, 3.63) is 78.4 Å². The minimum absolute atomic E-state index is 0.0399. The van der Waals surface area contributed by atoms with Gasteiger partial charge in [-0.25, -0.2) is 13.4 Å². The quantitative estimate of drug-likeness (QED) is 0.126. The van der Waals surface area contributed by atoms with Crippen molar-refractivity contribution >= 4 is 49.5 Å².